The van der Waals surface area contributed by atoms with Crippen molar-refractivity contribution in [3.8, 4) is 11.5 Å². The molecule has 1 heterocycles. The zero-order chi connectivity index (χ0) is 20.2. The SMILES string of the molecule is COc1ccc(OC)c([C@H](C)NC(=O)CN(C)S(=O)(=O)c2ccc(Cl)s2)c1. The summed E-state index contributed by atoms with van der Waals surface area (Å²) in [7, 11) is 0.653. The predicted octanol–water partition coefficient (Wildman–Crippen LogP) is 2.92. The van der Waals surface area contributed by atoms with Crippen LogP contribution in [0.5, 0.6) is 11.5 Å². The lowest BCUT2D eigenvalue weighted by molar-refractivity contribution is -0.121. The Morgan fingerprint density at radius 1 is 1.26 bits per heavy atom. The number of thiophene rings is 1. The number of halogens is 1. The second-order valence-corrected chi connectivity index (χ2v) is 9.70. The van der Waals surface area contributed by atoms with Crippen molar-refractivity contribution in [3.05, 3.63) is 40.2 Å². The molecule has 0 aliphatic carbocycles. The molecule has 1 atom stereocenters. The number of benzene rings is 1. The summed E-state index contributed by atoms with van der Waals surface area (Å²) in [6.45, 7) is 1.46. The number of rotatable bonds is 8. The molecule has 0 aliphatic heterocycles. The van der Waals surface area contributed by atoms with E-state index in [2.05, 4.69) is 5.32 Å². The van der Waals surface area contributed by atoms with Gasteiger partial charge in [0.25, 0.3) is 10.0 Å². The van der Waals surface area contributed by atoms with Gasteiger partial charge in [0, 0.05) is 12.6 Å². The average Bonchev–Trinajstić information content (AvgIpc) is 3.08. The number of carbonyl (C=O) groups excluding carboxylic acids is 1. The molecule has 0 radical (unpaired) electrons. The fourth-order valence-electron chi connectivity index (χ4n) is 2.42. The summed E-state index contributed by atoms with van der Waals surface area (Å²) in [5.74, 6) is 0.778. The van der Waals surface area contributed by atoms with Crippen LogP contribution in [-0.4, -0.2) is 46.4 Å². The topological polar surface area (TPSA) is 84.9 Å². The number of ether oxygens (including phenoxy) is 2. The first-order chi connectivity index (χ1) is 12.7. The standard InChI is InChI=1S/C17H21ClN2O5S2/c1-11(13-9-12(24-3)5-6-14(13)25-4)19-16(21)10-20(2)27(22,23)17-8-7-15(18)26-17/h5-9,11H,10H2,1-4H3,(H,19,21)/t11-/m0/s1. The summed E-state index contributed by atoms with van der Waals surface area (Å²) >= 11 is 6.74. The molecular formula is C17H21ClN2O5S2. The number of hydrogen-bond acceptors (Lipinski definition) is 6. The van der Waals surface area contributed by atoms with E-state index in [4.69, 9.17) is 21.1 Å². The quantitative estimate of drug-likeness (QED) is 0.693. The van der Waals surface area contributed by atoms with Gasteiger partial charge in [-0.05, 0) is 37.3 Å². The zero-order valence-electron chi connectivity index (χ0n) is 15.4. The molecule has 0 spiro atoms. The Morgan fingerprint density at radius 2 is 1.96 bits per heavy atom. The van der Waals surface area contributed by atoms with E-state index in [0.717, 1.165) is 21.2 Å². The van der Waals surface area contributed by atoms with Crippen molar-refractivity contribution in [2.24, 2.45) is 0 Å². The molecule has 27 heavy (non-hydrogen) atoms. The summed E-state index contributed by atoms with van der Waals surface area (Å²) < 4.78 is 36.9. The van der Waals surface area contributed by atoms with E-state index in [1.807, 2.05) is 0 Å². The number of nitrogens with one attached hydrogen (secondary N) is 1. The fourth-order valence-corrected chi connectivity index (χ4v) is 5.24. The van der Waals surface area contributed by atoms with Gasteiger partial charge in [0.05, 0.1) is 31.1 Å². The van der Waals surface area contributed by atoms with E-state index in [1.54, 1.807) is 32.2 Å². The summed E-state index contributed by atoms with van der Waals surface area (Å²) in [5, 5.41) is 2.78. The van der Waals surface area contributed by atoms with Crippen LogP contribution in [0.4, 0.5) is 0 Å². The summed E-state index contributed by atoms with van der Waals surface area (Å²) in [5.41, 5.74) is 0.723. The molecule has 10 heteroatoms. The van der Waals surface area contributed by atoms with Crippen LogP contribution in [0, 0.1) is 0 Å². The first-order valence-corrected chi connectivity index (χ1v) is 10.6. The van der Waals surface area contributed by atoms with E-state index in [0.29, 0.717) is 15.8 Å². The molecule has 1 N–H and O–H groups in total. The molecule has 0 saturated carbocycles. The van der Waals surface area contributed by atoms with Gasteiger partial charge in [-0.1, -0.05) is 11.6 Å². The maximum absolute atomic E-state index is 12.5. The smallest absolute Gasteiger partial charge is 0.252 e. The van der Waals surface area contributed by atoms with Crippen LogP contribution in [-0.2, 0) is 14.8 Å². The number of nitrogens with zero attached hydrogens (tertiary/aromatic N) is 1. The molecule has 1 aromatic heterocycles. The van der Waals surface area contributed by atoms with Crippen molar-refractivity contribution in [2.75, 3.05) is 27.8 Å². The molecular weight excluding hydrogens is 412 g/mol. The van der Waals surface area contributed by atoms with Gasteiger partial charge in [-0.3, -0.25) is 4.79 Å². The maximum atomic E-state index is 12.5. The minimum absolute atomic E-state index is 0.0883. The Labute approximate surface area is 167 Å². The van der Waals surface area contributed by atoms with E-state index < -0.39 is 22.0 Å². The lowest BCUT2D eigenvalue weighted by atomic mass is 10.1. The van der Waals surface area contributed by atoms with E-state index >= 15 is 0 Å². The van der Waals surface area contributed by atoms with E-state index in [-0.39, 0.29) is 10.8 Å². The first kappa shape index (κ1) is 21.5. The van der Waals surface area contributed by atoms with E-state index in [9.17, 15) is 13.2 Å². The van der Waals surface area contributed by atoms with Crippen molar-refractivity contribution >= 4 is 38.9 Å². The second-order valence-electron chi connectivity index (χ2n) is 5.72. The Hall–Kier alpha value is -1.81. The van der Waals surface area contributed by atoms with Crippen LogP contribution < -0.4 is 14.8 Å². The molecule has 0 saturated heterocycles. The molecule has 7 nitrogen and oxygen atoms in total. The highest BCUT2D eigenvalue weighted by Crippen LogP contribution is 2.30. The molecule has 1 aromatic carbocycles. The lowest BCUT2D eigenvalue weighted by Gasteiger charge is -2.20. The van der Waals surface area contributed by atoms with Crippen molar-refractivity contribution in [2.45, 2.75) is 17.2 Å². The van der Waals surface area contributed by atoms with Crippen molar-refractivity contribution in [3.63, 3.8) is 0 Å². The van der Waals surface area contributed by atoms with Gasteiger partial charge in [0.15, 0.2) is 0 Å². The van der Waals surface area contributed by atoms with Crippen molar-refractivity contribution in [1.82, 2.24) is 9.62 Å². The number of hydrogen-bond donors (Lipinski definition) is 1. The van der Waals surface area contributed by atoms with Gasteiger partial charge >= 0.3 is 0 Å². The van der Waals surface area contributed by atoms with Crippen LogP contribution in [0.15, 0.2) is 34.5 Å². The summed E-state index contributed by atoms with van der Waals surface area (Å²) in [4.78, 5) is 12.4. The molecule has 0 bridgehead atoms. The van der Waals surface area contributed by atoms with Crippen LogP contribution in [0.2, 0.25) is 4.34 Å². The van der Waals surface area contributed by atoms with Gasteiger partial charge in [-0.25, -0.2) is 8.42 Å². The number of sulfonamides is 1. The molecule has 0 unspecified atom stereocenters. The van der Waals surface area contributed by atoms with Crippen LogP contribution in [0.25, 0.3) is 0 Å². The summed E-state index contributed by atoms with van der Waals surface area (Å²) in [6.07, 6.45) is 0. The minimum atomic E-state index is -3.78. The monoisotopic (exact) mass is 432 g/mol. The third-order valence-electron chi connectivity index (χ3n) is 3.86. The van der Waals surface area contributed by atoms with Crippen molar-refractivity contribution < 1.29 is 22.7 Å². The fraction of sp³-hybridized carbons (Fsp3) is 0.353. The van der Waals surface area contributed by atoms with Gasteiger partial charge in [-0.15, -0.1) is 11.3 Å². The van der Waals surface area contributed by atoms with Crippen LogP contribution in [0.3, 0.4) is 0 Å². The molecule has 2 aromatic rings. The Bertz CT molecular complexity index is 914. The number of amides is 1. The number of methoxy groups -OCH3 is 2. The largest absolute Gasteiger partial charge is 0.497 e. The minimum Gasteiger partial charge on any atom is -0.497 e. The van der Waals surface area contributed by atoms with Gasteiger partial charge in [0.1, 0.15) is 15.7 Å². The van der Waals surface area contributed by atoms with E-state index in [1.165, 1.54) is 26.3 Å². The second kappa shape index (κ2) is 8.92. The molecule has 148 valence electrons. The number of likely N-dealkylation sites (N-methyl/N-ethyl adjacent to an activating group) is 1. The number of carbonyl (C=O) groups is 1. The van der Waals surface area contributed by atoms with Crippen LogP contribution in [0.1, 0.15) is 18.5 Å². The Balaban J connectivity index is 2.09. The predicted molar refractivity (Wildman–Crippen MR) is 105 cm³/mol. The van der Waals surface area contributed by atoms with Crippen LogP contribution >= 0.6 is 22.9 Å². The molecule has 0 fully saturated rings. The Kier molecular flexibility index (Phi) is 7.10. The van der Waals surface area contributed by atoms with Gasteiger partial charge in [0.2, 0.25) is 5.91 Å². The first-order valence-electron chi connectivity index (χ1n) is 7.92. The normalized spacial score (nSPS) is 12.7. The highest BCUT2D eigenvalue weighted by atomic mass is 35.5. The average molecular weight is 433 g/mol. The molecule has 0 aliphatic rings. The third kappa shape index (κ3) is 5.13. The zero-order valence-corrected chi connectivity index (χ0v) is 17.7. The van der Waals surface area contributed by atoms with Crippen molar-refractivity contribution in [1.29, 1.82) is 0 Å². The molecule has 2 rings (SSSR count). The highest BCUT2D eigenvalue weighted by Gasteiger charge is 2.25. The molecule has 1 amide bonds. The maximum Gasteiger partial charge on any atom is 0.252 e. The highest BCUT2D eigenvalue weighted by molar-refractivity contribution is 7.91. The lowest BCUT2D eigenvalue weighted by Crippen LogP contribution is -2.39. The van der Waals surface area contributed by atoms with Gasteiger partial charge in [-0.2, -0.15) is 4.31 Å². The van der Waals surface area contributed by atoms with Gasteiger partial charge < -0.3 is 14.8 Å². The Morgan fingerprint density at radius 3 is 2.52 bits per heavy atom. The third-order valence-corrected chi connectivity index (χ3v) is 7.36. The summed E-state index contributed by atoms with van der Waals surface area (Å²) in [6, 6.07) is 7.77.